The average molecular weight is 309 g/mol. The molecule has 1 aliphatic rings. The van der Waals surface area contributed by atoms with Crippen molar-refractivity contribution < 1.29 is 5.11 Å². The van der Waals surface area contributed by atoms with E-state index < -0.39 is 0 Å². The zero-order chi connectivity index (χ0) is 15.9. The van der Waals surface area contributed by atoms with Crippen molar-refractivity contribution in [1.29, 1.82) is 0 Å². The van der Waals surface area contributed by atoms with Crippen LogP contribution in [0.25, 0.3) is 0 Å². The van der Waals surface area contributed by atoms with Crippen LogP contribution >= 0.6 is 0 Å². The van der Waals surface area contributed by atoms with Crippen molar-refractivity contribution in [1.82, 2.24) is 5.32 Å². The summed E-state index contributed by atoms with van der Waals surface area (Å²) in [4.78, 5) is 0. The highest BCUT2D eigenvalue weighted by Crippen LogP contribution is 2.24. The fourth-order valence-electron chi connectivity index (χ4n) is 3.50. The predicted molar refractivity (Wildman–Crippen MR) is 95.9 cm³/mol. The smallest absolute Gasteiger partial charge is 0.115 e. The molecule has 0 saturated heterocycles. The SMILES string of the molecule is Oc1ccc2c(c1)CCC(NCCCCc1ccccc1)CC2. The highest BCUT2D eigenvalue weighted by atomic mass is 16.3. The van der Waals surface area contributed by atoms with E-state index in [0.717, 1.165) is 19.4 Å². The Kier molecular flexibility index (Phi) is 5.71. The maximum Gasteiger partial charge on any atom is 0.115 e. The first-order valence-electron chi connectivity index (χ1n) is 8.89. The number of unbranched alkanes of at least 4 members (excludes halogenated alkanes) is 1. The Labute approximate surface area is 139 Å². The number of rotatable bonds is 6. The van der Waals surface area contributed by atoms with E-state index in [0.29, 0.717) is 11.8 Å². The summed E-state index contributed by atoms with van der Waals surface area (Å²) < 4.78 is 0. The molecule has 0 aromatic heterocycles. The van der Waals surface area contributed by atoms with E-state index in [9.17, 15) is 5.11 Å². The van der Waals surface area contributed by atoms with Crippen LogP contribution in [0.2, 0.25) is 0 Å². The van der Waals surface area contributed by atoms with Gasteiger partial charge in [-0.15, -0.1) is 0 Å². The number of fused-ring (bicyclic) bond motifs is 1. The first kappa shape index (κ1) is 16.1. The van der Waals surface area contributed by atoms with Crippen molar-refractivity contribution in [3.05, 3.63) is 65.2 Å². The molecule has 122 valence electrons. The highest BCUT2D eigenvalue weighted by Gasteiger charge is 2.15. The maximum atomic E-state index is 9.62. The Hall–Kier alpha value is -1.80. The zero-order valence-electron chi connectivity index (χ0n) is 13.8. The van der Waals surface area contributed by atoms with Crippen LogP contribution < -0.4 is 5.32 Å². The highest BCUT2D eigenvalue weighted by molar-refractivity contribution is 5.35. The molecule has 23 heavy (non-hydrogen) atoms. The van der Waals surface area contributed by atoms with Gasteiger partial charge in [0.2, 0.25) is 0 Å². The summed E-state index contributed by atoms with van der Waals surface area (Å²) in [5.74, 6) is 0.399. The number of aromatic hydroxyl groups is 1. The second kappa shape index (κ2) is 8.16. The lowest BCUT2D eigenvalue weighted by atomic mass is 10.0. The Morgan fingerprint density at radius 1 is 0.913 bits per heavy atom. The quantitative estimate of drug-likeness (QED) is 0.617. The van der Waals surface area contributed by atoms with Gasteiger partial charge in [0.25, 0.3) is 0 Å². The van der Waals surface area contributed by atoms with Crippen LogP contribution in [0.5, 0.6) is 5.75 Å². The molecular weight excluding hydrogens is 282 g/mol. The molecule has 2 N–H and O–H groups in total. The number of hydrogen-bond acceptors (Lipinski definition) is 2. The number of aryl methyl sites for hydroxylation is 3. The maximum absolute atomic E-state index is 9.62. The summed E-state index contributed by atoms with van der Waals surface area (Å²) >= 11 is 0. The number of hydrogen-bond donors (Lipinski definition) is 2. The van der Waals surface area contributed by atoms with Crippen molar-refractivity contribution in [2.24, 2.45) is 0 Å². The Morgan fingerprint density at radius 2 is 1.70 bits per heavy atom. The summed E-state index contributed by atoms with van der Waals surface area (Å²) in [7, 11) is 0. The molecule has 2 heteroatoms. The van der Waals surface area contributed by atoms with Gasteiger partial charge in [0.15, 0.2) is 0 Å². The molecule has 0 fully saturated rings. The fourth-order valence-corrected chi connectivity index (χ4v) is 3.50. The molecule has 2 aromatic carbocycles. The second-order valence-corrected chi connectivity index (χ2v) is 6.62. The van der Waals surface area contributed by atoms with Gasteiger partial charge < -0.3 is 10.4 Å². The number of phenols is 1. The summed E-state index contributed by atoms with van der Waals surface area (Å²) in [5, 5.41) is 13.4. The van der Waals surface area contributed by atoms with Crippen LogP contribution in [-0.4, -0.2) is 17.7 Å². The topological polar surface area (TPSA) is 32.3 Å². The molecule has 1 aliphatic carbocycles. The average Bonchev–Trinajstić information content (AvgIpc) is 2.78. The normalized spacial score (nSPS) is 17.5. The van der Waals surface area contributed by atoms with Gasteiger partial charge in [-0.1, -0.05) is 36.4 Å². The Morgan fingerprint density at radius 3 is 2.52 bits per heavy atom. The van der Waals surface area contributed by atoms with E-state index in [-0.39, 0.29) is 0 Å². The molecule has 2 nitrogen and oxygen atoms in total. The molecule has 0 bridgehead atoms. The molecule has 0 amide bonds. The molecule has 0 heterocycles. The number of benzene rings is 2. The standard InChI is InChI=1S/C21H27NO/c23-21-14-11-18-9-12-20(13-10-19(18)16-21)22-15-5-4-8-17-6-2-1-3-7-17/h1-3,6-7,11,14,16,20,22-23H,4-5,8-10,12-13,15H2. The lowest BCUT2D eigenvalue weighted by molar-refractivity contribution is 0.454. The molecule has 1 unspecified atom stereocenters. The van der Waals surface area contributed by atoms with Crippen LogP contribution in [0.15, 0.2) is 48.5 Å². The van der Waals surface area contributed by atoms with Gasteiger partial charge in [0.1, 0.15) is 5.75 Å². The van der Waals surface area contributed by atoms with Gasteiger partial charge in [0.05, 0.1) is 0 Å². The van der Waals surface area contributed by atoms with Crippen molar-refractivity contribution in [2.75, 3.05) is 6.54 Å². The molecule has 0 spiro atoms. The van der Waals surface area contributed by atoms with Crippen molar-refractivity contribution in [3.63, 3.8) is 0 Å². The second-order valence-electron chi connectivity index (χ2n) is 6.62. The first-order valence-corrected chi connectivity index (χ1v) is 8.89. The number of phenolic OH excluding ortho intramolecular Hbond substituents is 1. The molecule has 0 radical (unpaired) electrons. The summed E-state index contributed by atoms with van der Waals surface area (Å²) in [5.41, 5.74) is 4.19. The van der Waals surface area contributed by atoms with Gasteiger partial charge >= 0.3 is 0 Å². The fraction of sp³-hybridized carbons (Fsp3) is 0.429. The van der Waals surface area contributed by atoms with Crippen molar-refractivity contribution in [2.45, 2.75) is 51.0 Å². The van der Waals surface area contributed by atoms with E-state index in [1.54, 1.807) is 0 Å². The van der Waals surface area contributed by atoms with Gasteiger partial charge in [0, 0.05) is 6.04 Å². The summed E-state index contributed by atoms with van der Waals surface area (Å²) in [6.07, 6.45) is 8.24. The van der Waals surface area contributed by atoms with Crippen LogP contribution in [0.3, 0.4) is 0 Å². The minimum Gasteiger partial charge on any atom is -0.508 e. The van der Waals surface area contributed by atoms with Gasteiger partial charge in [-0.3, -0.25) is 0 Å². The van der Waals surface area contributed by atoms with Gasteiger partial charge in [-0.05, 0) is 80.3 Å². The van der Waals surface area contributed by atoms with Gasteiger partial charge in [-0.25, -0.2) is 0 Å². The van der Waals surface area contributed by atoms with E-state index in [2.05, 4.69) is 41.7 Å². The zero-order valence-corrected chi connectivity index (χ0v) is 13.8. The van der Waals surface area contributed by atoms with Crippen LogP contribution in [0, 0.1) is 0 Å². The van der Waals surface area contributed by atoms with E-state index >= 15 is 0 Å². The van der Waals surface area contributed by atoms with E-state index in [4.69, 9.17) is 0 Å². The third-order valence-corrected chi connectivity index (χ3v) is 4.88. The summed E-state index contributed by atoms with van der Waals surface area (Å²) in [6, 6.07) is 17.2. The molecular formula is C21H27NO. The molecule has 1 atom stereocenters. The Balaban J connectivity index is 1.37. The van der Waals surface area contributed by atoms with E-state index in [1.165, 1.54) is 48.8 Å². The van der Waals surface area contributed by atoms with Crippen LogP contribution in [-0.2, 0) is 19.3 Å². The van der Waals surface area contributed by atoms with Crippen LogP contribution in [0.4, 0.5) is 0 Å². The molecule has 2 aromatic rings. The van der Waals surface area contributed by atoms with Gasteiger partial charge in [-0.2, -0.15) is 0 Å². The monoisotopic (exact) mass is 309 g/mol. The minimum atomic E-state index is 0.399. The molecule has 0 aliphatic heterocycles. The Bertz CT molecular complexity index is 608. The minimum absolute atomic E-state index is 0.399. The molecule has 0 saturated carbocycles. The van der Waals surface area contributed by atoms with Crippen LogP contribution in [0.1, 0.15) is 42.4 Å². The van der Waals surface area contributed by atoms with Crippen molar-refractivity contribution in [3.8, 4) is 5.75 Å². The summed E-state index contributed by atoms with van der Waals surface area (Å²) in [6.45, 7) is 1.11. The third kappa shape index (κ3) is 4.84. The first-order chi connectivity index (χ1) is 11.3. The molecule has 3 rings (SSSR count). The number of nitrogens with one attached hydrogen (secondary N) is 1. The van der Waals surface area contributed by atoms with Crippen molar-refractivity contribution >= 4 is 0 Å². The lowest BCUT2D eigenvalue weighted by Crippen LogP contribution is -2.30. The predicted octanol–water partition coefficient (Wildman–Crippen LogP) is 4.25. The van der Waals surface area contributed by atoms with E-state index in [1.807, 2.05) is 12.1 Å². The third-order valence-electron chi connectivity index (χ3n) is 4.88. The largest absolute Gasteiger partial charge is 0.508 e. The lowest BCUT2D eigenvalue weighted by Gasteiger charge is -2.16.